The standard InChI is InChI=1S/C13H19BrN2O/c14-12-5-3-4-11(10-12)6-7-13(17)16-9-2-1-8-15/h3-5,10H,1-2,6-9,15H2,(H,16,17). The Morgan fingerprint density at radius 2 is 2.18 bits per heavy atom. The number of amides is 1. The van der Waals surface area contributed by atoms with E-state index in [1.165, 1.54) is 5.56 Å². The number of halogens is 1. The maximum atomic E-state index is 11.5. The summed E-state index contributed by atoms with van der Waals surface area (Å²) in [5.41, 5.74) is 6.55. The number of carbonyl (C=O) groups excluding carboxylic acids is 1. The van der Waals surface area contributed by atoms with Crippen molar-refractivity contribution in [1.82, 2.24) is 5.32 Å². The Hall–Kier alpha value is -0.870. The summed E-state index contributed by atoms with van der Waals surface area (Å²) in [5.74, 6) is 0.113. The van der Waals surface area contributed by atoms with Gasteiger partial charge in [-0.3, -0.25) is 4.79 Å². The highest BCUT2D eigenvalue weighted by atomic mass is 79.9. The summed E-state index contributed by atoms with van der Waals surface area (Å²) < 4.78 is 1.05. The average molecular weight is 299 g/mol. The maximum absolute atomic E-state index is 11.5. The lowest BCUT2D eigenvalue weighted by atomic mass is 10.1. The summed E-state index contributed by atoms with van der Waals surface area (Å²) in [4.78, 5) is 11.5. The number of nitrogens with two attached hydrogens (primary N) is 1. The van der Waals surface area contributed by atoms with Gasteiger partial charge in [0.05, 0.1) is 0 Å². The SMILES string of the molecule is NCCCCNC(=O)CCc1cccc(Br)c1. The second kappa shape index (κ2) is 8.25. The molecule has 94 valence electrons. The van der Waals surface area contributed by atoms with Crippen LogP contribution in [0.4, 0.5) is 0 Å². The molecule has 0 fully saturated rings. The third kappa shape index (κ3) is 6.44. The molecule has 1 aromatic carbocycles. The molecule has 0 aliphatic rings. The number of carbonyl (C=O) groups is 1. The normalized spacial score (nSPS) is 10.2. The van der Waals surface area contributed by atoms with E-state index in [4.69, 9.17) is 5.73 Å². The molecule has 0 unspecified atom stereocenters. The van der Waals surface area contributed by atoms with Gasteiger partial charge in [-0.05, 0) is 43.5 Å². The Bertz CT molecular complexity index is 355. The smallest absolute Gasteiger partial charge is 0.220 e. The van der Waals surface area contributed by atoms with E-state index in [-0.39, 0.29) is 5.91 Å². The summed E-state index contributed by atoms with van der Waals surface area (Å²) in [6.45, 7) is 1.42. The summed E-state index contributed by atoms with van der Waals surface area (Å²) >= 11 is 3.42. The zero-order valence-electron chi connectivity index (χ0n) is 9.92. The fourth-order valence-corrected chi connectivity index (χ4v) is 1.98. The minimum atomic E-state index is 0.113. The van der Waals surface area contributed by atoms with Crippen LogP contribution in [0.25, 0.3) is 0 Å². The lowest BCUT2D eigenvalue weighted by Crippen LogP contribution is -2.25. The quantitative estimate of drug-likeness (QED) is 0.759. The fraction of sp³-hybridized carbons (Fsp3) is 0.462. The van der Waals surface area contributed by atoms with E-state index in [2.05, 4.69) is 21.2 Å². The van der Waals surface area contributed by atoms with Crippen LogP contribution < -0.4 is 11.1 Å². The number of benzene rings is 1. The first-order valence-electron chi connectivity index (χ1n) is 5.93. The number of hydrogen-bond acceptors (Lipinski definition) is 2. The number of unbranched alkanes of at least 4 members (excludes halogenated alkanes) is 1. The van der Waals surface area contributed by atoms with E-state index in [0.717, 1.165) is 30.3 Å². The van der Waals surface area contributed by atoms with Gasteiger partial charge in [0, 0.05) is 17.4 Å². The Kier molecular flexibility index (Phi) is 6.89. The van der Waals surface area contributed by atoms with Gasteiger partial charge < -0.3 is 11.1 Å². The van der Waals surface area contributed by atoms with E-state index in [1.54, 1.807) is 0 Å². The fourth-order valence-electron chi connectivity index (χ4n) is 1.54. The largest absolute Gasteiger partial charge is 0.356 e. The van der Waals surface area contributed by atoms with E-state index < -0.39 is 0 Å². The first-order valence-corrected chi connectivity index (χ1v) is 6.73. The third-order valence-electron chi connectivity index (χ3n) is 2.48. The van der Waals surface area contributed by atoms with Gasteiger partial charge in [0.15, 0.2) is 0 Å². The van der Waals surface area contributed by atoms with Crippen molar-refractivity contribution >= 4 is 21.8 Å². The molecule has 3 nitrogen and oxygen atoms in total. The Morgan fingerprint density at radius 1 is 1.35 bits per heavy atom. The summed E-state index contributed by atoms with van der Waals surface area (Å²) in [7, 11) is 0. The van der Waals surface area contributed by atoms with Crippen LogP contribution in [-0.4, -0.2) is 19.0 Å². The minimum absolute atomic E-state index is 0.113. The molecule has 1 aromatic rings. The van der Waals surface area contributed by atoms with Gasteiger partial charge in [-0.1, -0.05) is 28.1 Å². The van der Waals surface area contributed by atoms with Crippen LogP contribution in [0.1, 0.15) is 24.8 Å². The van der Waals surface area contributed by atoms with E-state index in [9.17, 15) is 4.79 Å². The number of rotatable bonds is 7. The second-order valence-corrected chi connectivity index (χ2v) is 4.89. The van der Waals surface area contributed by atoms with Crippen molar-refractivity contribution in [2.24, 2.45) is 5.73 Å². The van der Waals surface area contributed by atoms with Crippen molar-refractivity contribution < 1.29 is 4.79 Å². The Balaban J connectivity index is 2.19. The van der Waals surface area contributed by atoms with Crippen LogP contribution in [0.5, 0.6) is 0 Å². The summed E-state index contributed by atoms with van der Waals surface area (Å²) in [6.07, 6.45) is 3.24. The zero-order valence-corrected chi connectivity index (χ0v) is 11.5. The van der Waals surface area contributed by atoms with Gasteiger partial charge >= 0.3 is 0 Å². The molecular formula is C13H19BrN2O. The summed E-state index contributed by atoms with van der Waals surface area (Å²) in [5, 5.41) is 2.90. The number of aryl methyl sites for hydroxylation is 1. The van der Waals surface area contributed by atoms with Crippen molar-refractivity contribution in [2.75, 3.05) is 13.1 Å². The van der Waals surface area contributed by atoms with Gasteiger partial charge in [-0.2, -0.15) is 0 Å². The predicted molar refractivity (Wildman–Crippen MR) is 73.8 cm³/mol. The van der Waals surface area contributed by atoms with E-state index >= 15 is 0 Å². The molecule has 0 spiro atoms. The van der Waals surface area contributed by atoms with Gasteiger partial charge in [0.2, 0.25) is 5.91 Å². The molecule has 0 aliphatic heterocycles. The molecule has 1 amide bonds. The predicted octanol–water partition coefficient (Wildman–Crippen LogP) is 2.24. The lowest BCUT2D eigenvalue weighted by Gasteiger charge is -2.05. The zero-order chi connectivity index (χ0) is 12.5. The number of hydrogen-bond donors (Lipinski definition) is 2. The van der Waals surface area contributed by atoms with Crippen LogP contribution in [0.3, 0.4) is 0 Å². The van der Waals surface area contributed by atoms with E-state index in [0.29, 0.717) is 13.0 Å². The minimum Gasteiger partial charge on any atom is -0.356 e. The van der Waals surface area contributed by atoms with Gasteiger partial charge in [0.1, 0.15) is 0 Å². The molecule has 0 atom stereocenters. The van der Waals surface area contributed by atoms with Crippen LogP contribution in [0.2, 0.25) is 0 Å². The summed E-state index contributed by atoms with van der Waals surface area (Å²) in [6, 6.07) is 8.04. The topological polar surface area (TPSA) is 55.1 Å². The molecule has 4 heteroatoms. The molecule has 1 rings (SSSR count). The van der Waals surface area contributed by atoms with Crippen LogP contribution in [0, 0.1) is 0 Å². The molecule has 0 aliphatic carbocycles. The molecule has 17 heavy (non-hydrogen) atoms. The van der Waals surface area contributed by atoms with Crippen LogP contribution in [0.15, 0.2) is 28.7 Å². The van der Waals surface area contributed by atoms with Crippen molar-refractivity contribution in [1.29, 1.82) is 0 Å². The Labute approximate surface area is 111 Å². The van der Waals surface area contributed by atoms with Gasteiger partial charge in [0.25, 0.3) is 0 Å². The van der Waals surface area contributed by atoms with Gasteiger partial charge in [-0.25, -0.2) is 0 Å². The lowest BCUT2D eigenvalue weighted by molar-refractivity contribution is -0.121. The van der Waals surface area contributed by atoms with Crippen molar-refractivity contribution in [2.45, 2.75) is 25.7 Å². The van der Waals surface area contributed by atoms with E-state index in [1.807, 2.05) is 24.3 Å². The van der Waals surface area contributed by atoms with Crippen molar-refractivity contribution in [3.05, 3.63) is 34.3 Å². The highest BCUT2D eigenvalue weighted by Gasteiger charge is 2.01. The third-order valence-corrected chi connectivity index (χ3v) is 2.98. The second-order valence-electron chi connectivity index (χ2n) is 3.98. The molecule has 0 heterocycles. The molecule has 0 aromatic heterocycles. The molecular weight excluding hydrogens is 280 g/mol. The first kappa shape index (κ1) is 14.2. The first-order chi connectivity index (χ1) is 8.22. The van der Waals surface area contributed by atoms with Crippen molar-refractivity contribution in [3.63, 3.8) is 0 Å². The monoisotopic (exact) mass is 298 g/mol. The maximum Gasteiger partial charge on any atom is 0.220 e. The van der Waals surface area contributed by atoms with Gasteiger partial charge in [-0.15, -0.1) is 0 Å². The van der Waals surface area contributed by atoms with Crippen molar-refractivity contribution in [3.8, 4) is 0 Å². The molecule has 0 radical (unpaired) electrons. The Morgan fingerprint density at radius 3 is 2.88 bits per heavy atom. The molecule has 3 N–H and O–H groups in total. The molecule has 0 saturated carbocycles. The highest BCUT2D eigenvalue weighted by Crippen LogP contribution is 2.12. The van der Waals surface area contributed by atoms with Crippen LogP contribution >= 0.6 is 15.9 Å². The van der Waals surface area contributed by atoms with Crippen LogP contribution in [-0.2, 0) is 11.2 Å². The number of nitrogens with one attached hydrogen (secondary N) is 1. The highest BCUT2D eigenvalue weighted by molar-refractivity contribution is 9.10. The average Bonchev–Trinajstić information content (AvgIpc) is 2.32. The molecule has 0 saturated heterocycles. The molecule has 0 bridgehead atoms.